The molecule has 1 saturated carbocycles. The molecule has 0 spiro atoms. The number of hydrogen-bond donors (Lipinski definition) is 0. The van der Waals surface area contributed by atoms with Gasteiger partial charge in [0.25, 0.3) is 0 Å². The Morgan fingerprint density at radius 2 is 1.38 bits per heavy atom. The summed E-state index contributed by atoms with van der Waals surface area (Å²) in [6.07, 6.45) is 6.76. The number of anilines is 3. The van der Waals surface area contributed by atoms with Crippen molar-refractivity contribution in [2.24, 2.45) is 0 Å². The monoisotopic (exact) mass is 627 g/mol. The highest BCUT2D eigenvalue weighted by atomic mass is 32.1. The van der Waals surface area contributed by atoms with E-state index in [2.05, 4.69) is 142 Å². The van der Waals surface area contributed by atoms with Crippen LogP contribution in [-0.4, -0.2) is 0 Å². The minimum absolute atomic E-state index is 0.106. The summed E-state index contributed by atoms with van der Waals surface area (Å²) in [5.41, 5.74) is 12.3. The third kappa shape index (κ3) is 4.41. The third-order valence-corrected chi connectivity index (χ3v) is 12.7. The second-order valence-corrected chi connectivity index (χ2v) is 15.7. The zero-order valence-corrected chi connectivity index (χ0v) is 28.7. The molecule has 0 amide bonds. The largest absolute Gasteiger partial charge is 0.308 e. The Balaban J connectivity index is 1.32. The van der Waals surface area contributed by atoms with Crippen molar-refractivity contribution in [2.45, 2.75) is 71.1 Å². The topological polar surface area (TPSA) is 3.24 Å². The first-order chi connectivity index (χ1) is 22.9. The first-order valence-electron chi connectivity index (χ1n) is 17.4. The van der Waals surface area contributed by atoms with E-state index in [4.69, 9.17) is 0 Å². The van der Waals surface area contributed by atoms with Crippen LogP contribution in [0.25, 0.3) is 42.8 Å². The normalized spacial score (nSPS) is 15.7. The number of hydrogen-bond acceptors (Lipinski definition) is 2. The molecule has 1 nitrogen and oxygen atoms in total. The molecule has 0 bridgehead atoms. The van der Waals surface area contributed by atoms with E-state index in [0.29, 0.717) is 5.92 Å². The maximum Gasteiger partial charge on any atom is 0.0640 e. The van der Waals surface area contributed by atoms with Crippen LogP contribution in [0.15, 0.2) is 109 Å². The average molecular weight is 628 g/mol. The Morgan fingerprint density at radius 1 is 0.638 bits per heavy atom. The lowest BCUT2D eigenvalue weighted by Crippen LogP contribution is -2.17. The fourth-order valence-corrected chi connectivity index (χ4v) is 9.87. The third-order valence-electron chi connectivity index (χ3n) is 11.4. The van der Waals surface area contributed by atoms with Crippen molar-refractivity contribution in [3.8, 4) is 11.1 Å². The Kier molecular flexibility index (Phi) is 6.63. The zero-order chi connectivity index (χ0) is 31.9. The Hall–Kier alpha value is -4.40. The van der Waals surface area contributed by atoms with Gasteiger partial charge in [-0.3, -0.25) is 0 Å². The van der Waals surface area contributed by atoms with E-state index in [0.717, 1.165) is 0 Å². The van der Waals surface area contributed by atoms with Crippen molar-refractivity contribution in [1.82, 2.24) is 0 Å². The zero-order valence-electron chi connectivity index (χ0n) is 27.9. The van der Waals surface area contributed by atoms with Gasteiger partial charge in [0.1, 0.15) is 0 Å². The van der Waals surface area contributed by atoms with Crippen LogP contribution in [0.4, 0.5) is 17.1 Å². The lowest BCUT2D eigenvalue weighted by atomic mass is 9.78. The number of fused-ring (bicyclic) bond motifs is 7. The van der Waals surface area contributed by atoms with E-state index in [-0.39, 0.29) is 5.41 Å². The fraction of sp³-hybridized carbons (Fsp3) is 0.244. The first-order valence-corrected chi connectivity index (χ1v) is 18.2. The van der Waals surface area contributed by atoms with Crippen molar-refractivity contribution < 1.29 is 0 Å². The summed E-state index contributed by atoms with van der Waals surface area (Å²) in [4.78, 5) is 3.94. The van der Waals surface area contributed by atoms with Crippen LogP contribution in [0, 0.1) is 13.8 Å². The van der Waals surface area contributed by atoms with E-state index in [1.807, 2.05) is 11.3 Å². The van der Waals surface area contributed by atoms with Crippen LogP contribution >= 0.6 is 11.3 Å². The molecule has 2 aliphatic rings. The van der Waals surface area contributed by atoms with Gasteiger partial charge >= 0.3 is 0 Å². The van der Waals surface area contributed by atoms with Gasteiger partial charge in [-0.2, -0.15) is 0 Å². The molecule has 0 aliphatic heterocycles. The van der Waals surface area contributed by atoms with E-state index in [1.165, 1.54) is 113 Å². The summed E-state index contributed by atoms with van der Waals surface area (Å²) < 4.78 is 1.35. The molecule has 1 aromatic heterocycles. The quantitative estimate of drug-likeness (QED) is 0.188. The molecule has 6 aromatic carbocycles. The molecular weight excluding hydrogens is 587 g/mol. The van der Waals surface area contributed by atoms with Gasteiger partial charge in [-0.25, -0.2) is 0 Å². The Bertz CT molecular complexity index is 2350. The summed E-state index contributed by atoms with van der Waals surface area (Å²) in [5, 5.41) is 6.51. The van der Waals surface area contributed by atoms with E-state index in [9.17, 15) is 0 Å². The Morgan fingerprint density at radius 3 is 2.21 bits per heavy atom. The second kappa shape index (κ2) is 10.8. The molecule has 0 unspecified atom stereocenters. The van der Waals surface area contributed by atoms with Gasteiger partial charge in [-0.15, -0.1) is 11.3 Å². The summed E-state index contributed by atoms with van der Waals surface area (Å²) in [5.74, 6) is 0.697. The number of rotatable bonds is 4. The van der Waals surface area contributed by atoms with Gasteiger partial charge < -0.3 is 4.90 Å². The van der Waals surface area contributed by atoms with Crippen LogP contribution in [0.3, 0.4) is 0 Å². The molecule has 7 aromatic rings. The molecule has 2 heteroatoms. The van der Waals surface area contributed by atoms with Crippen molar-refractivity contribution in [3.63, 3.8) is 0 Å². The molecule has 0 radical (unpaired) electrons. The van der Waals surface area contributed by atoms with E-state index < -0.39 is 0 Å². The molecule has 0 atom stereocenters. The van der Waals surface area contributed by atoms with Crippen LogP contribution in [-0.2, 0) is 5.41 Å². The van der Waals surface area contributed by atoms with Crippen LogP contribution in [0.1, 0.15) is 79.0 Å². The molecule has 0 saturated heterocycles. The minimum Gasteiger partial charge on any atom is -0.308 e. The van der Waals surface area contributed by atoms with Gasteiger partial charge in [0.2, 0.25) is 0 Å². The van der Waals surface area contributed by atoms with Crippen LogP contribution in [0.2, 0.25) is 0 Å². The van der Waals surface area contributed by atoms with Crippen molar-refractivity contribution in [2.75, 3.05) is 4.90 Å². The lowest BCUT2D eigenvalue weighted by molar-refractivity contribution is 0.443. The predicted octanol–water partition coefficient (Wildman–Crippen LogP) is 13.6. The van der Waals surface area contributed by atoms with Gasteiger partial charge in [0.05, 0.1) is 16.1 Å². The van der Waals surface area contributed by atoms with Crippen LogP contribution in [0.5, 0.6) is 0 Å². The number of nitrogens with zero attached hydrogens (tertiary/aromatic N) is 1. The highest BCUT2D eigenvalue weighted by molar-refractivity contribution is 7.19. The van der Waals surface area contributed by atoms with Crippen LogP contribution < -0.4 is 4.90 Å². The molecule has 2 aliphatic carbocycles. The molecule has 232 valence electrons. The summed E-state index contributed by atoms with van der Waals surface area (Å²) in [7, 11) is 0. The van der Waals surface area contributed by atoms with E-state index >= 15 is 0 Å². The SMILES string of the molecule is Cc1sc2c(N(c3ccc4ccccc4c3)c3cc4c(c5ccccc35)-c3ccc(C5CCCCC5)cc3C4(C)C)cccc2c1C. The standard InChI is InChI=1S/C45H41NS/c1-28-29(2)47-44-35(28)19-12-20-41(44)46(34-23-21-31-15-8-9-16-32(31)25-34)42-27-40-43(37-18-11-10-17-36(37)42)38-24-22-33(26-39(38)45(40,3)4)30-13-6-5-7-14-30/h8-12,15-27,30H,5-7,13-14H2,1-4H3. The smallest absolute Gasteiger partial charge is 0.0640 e. The number of benzene rings is 6. The maximum absolute atomic E-state index is 2.58. The molecule has 47 heavy (non-hydrogen) atoms. The molecule has 1 fully saturated rings. The van der Waals surface area contributed by atoms with Crippen molar-refractivity contribution in [1.29, 1.82) is 0 Å². The molecule has 9 rings (SSSR count). The number of aryl methyl sites for hydroxylation is 2. The molecule has 0 N–H and O–H groups in total. The average Bonchev–Trinajstić information content (AvgIpc) is 3.53. The minimum atomic E-state index is -0.106. The lowest BCUT2D eigenvalue weighted by Gasteiger charge is -2.30. The second-order valence-electron chi connectivity index (χ2n) is 14.4. The van der Waals surface area contributed by atoms with Crippen molar-refractivity contribution in [3.05, 3.63) is 136 Å². The first kappa shape index (κ1) is 28.8. The van der Waals surface area contributed by atoms with Gasteiger partial charge in [-0.1, -0.05) is 118 Å². The van der Waals surface area contributed by atoms with Gasteiger partial charge in [0, 0.05) is 21.4 Å². The summed E-state index contributed by atoms with van der Waals surface area (Å²) in [6, 6.07) is 41.7. The van der Waals surface area contributed by atoms with Gasteiger partial charge in [0.15, 0.2) is 0 Å². The summed E-state index contributed by atoms with van der Waals surface area (Å²) >= 11 is 1.92. The van der Waals surface area contributed by atoms with Gasteiger partial charge in [-0.05, 0) is 112 Å². The summed E-state index contributed by atoms with van der Waals surface area (Å²) in [6.45, 7) is 9.43. The maximum atomic E-state index is 2.58. The van der Waals surface area contributed by atoms with Crippen molar-refractivity contribution >= 4 is 60.0 Å². The fourth-order valence-electron chi connectivity index (χ4n) is 8.70. The highest BCUT2D eigenvalue weighted by Gasteiger charge is 2.38. The Labute approximate surface area is 282 Å². The predicted molar refractivity (Wildman–Crippen MR) is 204 cm³/mol. The molecule has 1 heterocycles. The molecular formula is C45H41NS. The van der Waals surface area contributed by atoms with E-state index in [1.54, 1.807) is 5.56 Å². The number of thiophene rings is 1. The highest BCUT2D eigenvalue weighted by Crippen LogP contribution is 2.56.